The summed E-state index contributed by atoms with van der Waals surface area (Å²) in [6.45, 7) is 5.75. The minimum atomic E-state index is -1.91. The second-order valence-corrected chi connectivity index (χ2v) is 18.5. The summed E-state index contributed by atoms with van der Waals surface area (Å²) >= 11 is 0. The number of carboxylic acids is 1. The molecule has 0 aliphatic carbocycles. The minimum absolute atomic E-state index is 0.0126. The Morgan fingerprint density at radius 1 is 0.493 bits per heavy atom. The van der Waals surface area contributed by atoms with Crippen LogP contribution in [0.4, 0.5) is 0 Å². The van der Waals surface area contributed by atoms with Crippen molar-refractivity contribution in [3.05, 3.63) is 60.8 Å². The molecule has 69 heavy (non-hydrogen) atoms. The molecule has 0 spiro atoms. The number of carbonyl (C=O) groups is 4. The molecule has 1 aliphatic heterocycles. The van der Waals surface area contributed by atoms with Crippen molar-refractivity contribution in [1.29, 1.82) is 0 Å². The first kappa shape index (κ1) is 63.4. The molecule has 1 fully saturated rings. The van der Waals surface area contributed by atoms with E-state index in [-0.39, 0.29) is 25.9 Å². The van der Waals surface area contributed by atoms with E-state index in [0.717, 1.165) is 70.6 Å². The molecule has 0 aromatic heterocycles. The lowest BCUT2D eigenvalue weighted by Crippen LogP contribution is -2.61. The summed E-state index contributed by atoms with van der Waals surface area (Å²) in [5.41, 5.74) is 0. The lowest BCUT2D eigenvalue weighted by molar-refractivity contribution is -0.301. The molecule has 396 valence electrons. The highest BCUT2D eigenvalue weighted by Crippen LogP contribution is 2.26. The Bertz CT molecular complexity index is 1440. The fourth-order valence-electron chi connectivity index (χ4n) is 7.97. The number of aliphatic hydroxyl groups is 2. The Hall–Kier alpha value is -3.58. The Morgan fingerprint density at radius 3 is 1.33 bits per heavy atom. The SMILES string of the molecule is CC/C=C\C/C=C\C/C=C\C/C=C\C/C=C\CC(=O)OCC(COC1OC(C(=O)O)C(O)C(O)C1OC(=O)CCCCCCCCCCC)OC(=O)CCCCCCCCCCCCCCCCC. The van der Waals surface area contributed by atoms with Crippen LogP contribution in [0.5, 0.6) is 0 Å². The molecule has 6 unspecified atom stereocenters. The molecule has 1 saturated heterocycles. The van der Waals surface area contributed by atoms with Gasteiger partial charge in [0.2, 0.25) is 0 Å². The van der Waals surface area contributed by atoms with Crippen molar-refractivity contribution >= 4 is 23.9 Å². The third-order valence-corrected chi connectivity index (χ3v) is 12.1. The highest BCUT2D eigenvalue weighted by Gasteiger charge is 2.50. The van der Waals surface area contributed by atoms with Crippen LogP contribution in [0.25, 0.3) is 0 Å². The van der Waals surface area contributed by atoms with Gasteiger partial charge in [0.05, 0.1) is 13.0 Å². The van der Waals surface area contributed by atoms with Gasteiger partial charge in [0.15, 0.2) is 24.6 Å². The molecule has 3 N–H and O–H groups in total. The van der Waals surface area contributed by atoms with Crippen LogP contribution in [0.2, 0.25) is 0 Å². The van der Waals surface area contributed by atoms with E-state index in [4.69, 9.17) is 23.7 Å². The third kappa shape index (κ3) is 36.1. The maximum absolute atomic E-state index is 13.1. The number of carbonyl (C=O) groups excluding carboxylic acids is 3. The number of aliphatic carboxylic acids is 1. The molecule has 0 aromatic rings. The number of allylic oxidation sites excluding steroid dienone is 9. The van der Waals surface area contributed by atoms with Gasteiger partial charge < -0.3 is 39.0 Å². The lowest BCUT2D eigenvalue weighted by Gasteiger charge is -2.40. The van der Waals surface area contributed by atoms with Crippen LogP contribution in [-0.4, -0.2) is 89.2 Å². The predicted octanol–water partition coefficient (Wildman–Crippen LogP) is 13.2. The quantitative estimate of drug-likeness (QED) is 0.0228. The van der Waals surface area contributed by atoms with Crippen LogP contribution in [0.1, 0.15) is 226 Å². The van der Waals surface area contributed by atoms with E-state index in [1.54, 1.807) is 6.08 Å². The number of rotatable bonds is 45. The van der Waals surface area contributed by atoms with Gasteiger partial charge in [-0.3, -0.25) is 14.4 Å². The van der Waals surface area contributed by atoms with Gasteiger partial charge >= 0.3 is 23.9 Å². The first-order chi connectivity index (χ1) is 33.6. The largest absolute Gasteiger partial charge is 0.479 e. The number of unbranched alkanes of at least 4 members (excludes halogenated alkanes) is 22. The lowest BCUT2D eigenvalue weighted by atomic mass is 9.98. The average Bonchev–Trinajstić information content (AvgIpc) is 3.33. The van der Waals surface area contributed by atoms with E-state index >= 15 is 0 Å². The van der Waals surface area contributed by atoms with E-state index in [1.165, 1.54) is 96.3 Å². The Morgan fingerprint density at radius 2 is 0.899 bits per heavy atom. The molecule has 1 heterocycles. The zero-order valence-corrected chi connectivity index (χ0v) is 43.3. The van der Waals surface area contributed by atoms with E-state index in [1.807, 2.05) is 12.2 Å². The predicted molar refractivity (Wildman–Crippen MR) is 275 cm³/mol. The van der Waals surface area contributed by atoms with Crippen LogP contribution in [0.15, 0.2) is 60.8 Å². The van der Waals surface area contributed by atoms with Crippen molar-refractivity contribution in [3.63, 3.8) is 0 Å². The van der Waals surface area contributed by atoms with Crippen LogP contribution in [-0.2, 0) is 42.9 Å². The van der Waals surface area contributed by atoms with Gasteiger partial charge in [0, 0.05) is 12.8 Å². The number of aliphatic hydroxyl groups excluding tert-OH is 2. The Kier molecular flexibility index (Phi) is 41.9. The van der Waals surface area contributed by atoms with Gasteiger partial charge in [-0.2, -0.15) is 0 Å². The second-order valence-electron chi connectivity index (χ2n) is 18.5. The van der Waals surface area contributed by atoms with Gasteiger partial charge in [-0.25, -0.2) is 4.79 Å². The monoisotopic (exact) mass is 973 g/mol. The van der Waals surface area contributed by atoms with Gasteiger partial charge in [-0.15, -0.1) is 0 Å². The molecular formula is C57H96O12. The molecule has 0 saturated carbocycles. The first-order valence-electron chi connectivity index (χ1n) is 27.3. The molecule has 0 bridgehead atoms. The molecule has 0 amide bonds. The smallest absolute Gasteiger partial charge is 0.335 e. The van der Waals surface area contributed by atoms with Crippen LogP contribution in [0.3, 0.4) is 0 Å². The summed E-state index contributed by atoms with van der Waals surface area (Å²) in [7, 11) is 0. The van der Waals surface area contributed by atoms with Crippen LogP contribution >= 0.6 is 0 Å². The third-order valence-electron chi connectivity index (χ3n) is 12.1. The zero-order valence-electron chi connectivity index (χ0n) is 43.3. The molecule has 1 aliphatic rings. The van der Waals surface area contributed by atoms with Crippen molar-refractivity contribution in [3.8, 4) is 0 Å². The normalized spacial score (nSPS) is 19.1. The average molecular weight is 973 g/mol. The van der Waals surface area contributed by atoms with Crippen molar-refractivity contribution in [2.24, 2.45) is 0 Å². The fourth-order valence-corrected chi connectivity index (χ4v) is 7.97. The standard InChI is InChI=1S/C57H96O12/c1-4-7-10-13-16-19-21-23-25-27-29-32-34-37-40-43-49(58)65-46-48(67-50(59)44-41-38-36-33-30-28-26-24-22-20-17-14-11-8-5-2)47-66-57-55(53(62)52(61)54(69-57)56(63)64)68-51(60)45-42-39-35-31-18-15-12-9-6-3/h7,10,16,19,23,25,29,32,37,40,48,52-55,57,61-62H,4-6,8-9,11-15,17-18,20-22,24,26-28,30-31,33-36,38-39,41-47H2,1-3H3,(H,63,64)/b10-7-,19-16-,25-23-,32-29-,40-37-. The Labute approximate surface area is 417 Å². The van der Waals surface area contributed by atoms with Gasteiger partial charge in [-0.1, -0.05) is 223 Å². The molecule has 0 aromatic carbocycles. The first-order valence-corrected chi connectivity index (χ1v) is 27.3. The van der Waals surface area contributed by atoms with E-state index in [2.05, 4.69) is 63.3 Å². The summed E-state index contributed by atoms with van der Waals surface area (Å²) in [5.74, 6) is -3.28. The van der Waals surface area contributed by atoms with Crippen molar-refractivity contribution in [2.45, 2.75) is 263 Å². The highest BCUT2D eigenvalue weighted by atomic mass is 16.7. The van der Waals surface area contributed by atoms with Gasteiger partial charge in [0.25, 0.3) is 0 Å². The summed E-state index contributed by atoms with van der Waals surface area (Å²) in [4.78, 5) is 50.8. The summed E-state index contributed by atoms with van der Waals surface area (Å²) < 4.78 is 28.2. The molecule has 0 radical (unpaired) electrons. The van der Waals surface area contributed by atoms with Crippen LogP contribution in [0, 0.1) is 0 Å². The van der Waals surface area contributed by atoms with Gasteiger partial charge in [0.1, 0.15) is 18.8 Å². The molecule has 6 atom stereocenters. The molecule has 1 rings (SSSR count). The van der Waals surface area contributed by atoms with Crippen molar-refractivity contribution in [1.82, 2.24) is 0 Å². The van der Waals surface area contributed by atoms with E-state index in [0.29, 0.717) is 19.3 Å². The summed E-state index contributed by atoms with van der Waals surface area (Å²) in [5, 5.41) is 31.3. The number of hydrogen-bond donors (Lipinski definition) is 3. The van der Waals surface area contributed by atoms with Crippen molar-refractivity contribution in [2.75, 3.05) is 13.2 Å². The Balaban J connectivity index is 2.76. The molecular weight excluding hydrogens is 877 g/mol. The number of ether oxygens (including phenoxy) is 5. The summed E-state index contributed by atoms with van der Waals surface area (Å²) in [6.07, 6.45) is 42.5. The highest BCUT2D eigenvalue weighted by molar-refractivity contribution is 5.74. The number of esters is 3. The zero-order chi connectivity index (χ0) is 50.4. The van der Waals surface area contributed by atoms with Crippen molar-refractivity contribution < 1.29 is 58.2 Å². The number of hydrogen-bond acceptors (Lipinski definition) is 11. The maximum Gasteiger partial charge on any atom is 0.335 e. The maximum atomic E-state index is 13.1. The van der Waals surface area contributed by atoms with Gasteiger partial charge in [-0.05, 0) is 44.9 Å². The minimum Gasteiger partial charge on any atom is -0.479 e. The number of carboxylic acid groups (broad SMARTS) is 1. The topological polar surface area (TPSA) is 175 Å². The van der Waals surface area contributed by atoms with E-state index < -0.39 is 67.3 Å². The molecule has 12 heteroatoms. The van der Waals surface area contributed by atoms with E-state index in [9.17, 15) is 34.5 Å². The second kappa shape index (κ2) is 45.6. The summed E-state index contributed by atoms with van der Waals surface area (Å²) in [6, 6.07) is 0. The molecule has 12 nitrogen and oxygen atoms in total. The van der Waals surface area contributed by atoms with Crippen LogP contribution < -0.4 is 0 Å². The fraction of sp³-hybridized carbons (Fsp3) is 0.754.